The average Bonchev–Trinajstić information content (AvgIpc) is 2.51. The van der Waals surface area contributed by atoms with Gasteiger partial charge in [-0.25, -0.2) is 9.59 Å². The van der Waals surface area contributed by atoms with Crippen LogP contribution in [0.1, 0.15) is 46.6 Å². The van der Waals surface area contributed by atoms with Crippen LogP contribution in [0.25, 0.3) is 0 Å². The number of amides is 1. The summed E-state index contributed by atoms with van der Waals surface area (Å²) in [5.74, 6) is -0.868. The standard InChI is InChI=1S/C20H31NO5/c1-14(2)16(13-25-12-15-9-7-6-8-10-15)11-17(18(22)23)21-19(24)26-20(3,4)5/h6-10,14,16-17H,11-13H2,1-5H3,(H,21,24)(H,22,23). The van der Waals surface area contributed by atoms with Crippen LogP contribution in [0.5, 0.6) is 0 Å². The molecule has 0 fully saturated rings. The summed E-state index contributed by atoms with van der Waals surface area (Å²) in [5, 5.41) is 11.9. The average molecular weight is 365 g/mol. The highest BCUT2D eigenvalue weighted by Crippen LogP contribution is 2.19. The number of ether oxygens (including phenoxy) is 2. The van der Waals surface area contributed by atoms with Crippen molar-refractivity contribution in [2.45, 2.75) is 59.3 Å². The van der Waals surface area contributed by atoms with Crippen LogP contribution >= 0.6 is 0 Å². The lowest BCUT2D eigenvalue weighted by Gasteiger charge is -2.26. The molecule has 1 amide bonds. The summed E-state index contributed by atoms with van der Waals surface area (Å²) in [7, 11) is 0. The fourth-order valence-corrected chi connectivity index (χ4v) is 2.41. The predicted octanol–water partition coefficient (Wildman–Crippen LogP) is 3.84. The Morgan fingerprint density at radius 3 is 2.27 bits per heavy atom. The van der Waals surface area contributed by atoms with Crippen LogP contribution in [0.15, 0.2) is 30.3 Å². The minimum Gasteiger partial charge on any atom is -0.480 e. The van der Waals surface area contributed by atoms with Crippen molar-refractivity contribution in [3.63, 3.8) is 0 Å². The molecular formula is C20H31NO5. The first-order chi connectivity index (χ1) is 12.1. The molecular weight excluding hydrogens is 334 g/mol. The molecule has 1 aromatic carbocycles. The molecule has 2 atom stereocenters. The number of carboxylic acid groups (broad SMARTS) is 1. The summed E-state index contributed by atoms with van der Waals surface area (Å²) >= 11 is 0. The second kappa shape index (κ2) is 10.2. The van der Waals surface area contributed by atoms with Gasteiger partial charge >= 0.3 is 12.1 Å². The Labute approximate surface area is 155 Å². The number of rotatable bonds is 9. The van der Waals surface area contributed by atoms with Crippen LogP contribution in [0, 0.1) is 11.8 Å². The van der Waals surface area contributed by atoms with E-state index in [1.165, 1.54) is 0 Å². The lowest BCUT2D eigenvalue weighted by atomic mass is 9.90. The van der Waals surface area contributed by atoms with Crippen LogP contribution in [-0.4, -0.2) is 35.4 Å². The first-order valence-corrected chi connectivity index (χ1v) is 8.92. The van der Waals surface area contributed by atoms with E-state index < -0.39 is 23.7 Å². The Morgan fingerprint density at radius 1 is 1.15 bits per heavy atom. The summed E-state index contributed by atoms with van der Waals surface area (Å²) in [4.78, 5) is 23.4. The van der Waals surface area contributed by atoms with Crippen LogP contribution in [0.4, 0.5) is 4.79 Å². The normalized spacial score (nSPS) is 13.9. The maximum Gasteiger partial charge on any atom is 0.408 e. The number of carbonyl (C=O) groups excluding carboxylic acids is 1. The van der Waals surface area contributed by atoms with E-state index in [-0.39, 0.29) is 18.3 Å². The zero-order valence-electron chi connectivity index (χ0n) is 16.3. The number of nitrogens with one attached hydrogen (secondary N) is 1. The van der Waals surface area contributed by atoms with Crippen molar-refractivity contribution < 1.29 is 24.2 Å². The molecule has 26 heavy (non-hydrogen) atoms. The van der Waals surface area contributed by atoms with Crippen molar-refractivity contribution in [2.24, 2.45) is 11.8 Å². The molecule has 6 heteroatoms. The van der Waals surface area contributed by atoms with Gasteiger partial charge in [-0.15, -0.1) is 0 Å². The molecule has 0 aliphatic heterocycles. The first-order valence-electron chi connectivity index (χ1n) is 8.92. The van der Waals surface area contributed by atoms with Gasteiger partial charge in [0.15, 0.2) is 0 Å². The fourth-order valence-electron chi connectivity index (χ4n) is 2.41. The SMILES string of the molecule is CC(C)C(COCc1ccccc1)CC(NC(=O)OC(C)(C)C)C(=O)O. The van der Waals surface area contributed by atoms with Gasteiger partial charge in [0.05, 0.1) is 13.2 Å². The third kappa shape index (κ3) is 8.85. The van der Waals surface area contributed by atoms with Gasteiger partial charge in [-0.1, -0.05) is 44.2 Å². The molecule has 0 aromatic heterocycles. The highest BCUT2D eigenvalue weighted by Gasteiger charge is 2.28. The number of carbonyl (C=O) groups is 2. The molecule has 6 nitrogen and oxygen atoms in total. The molecule has 2 N–H and O–H groups in total. The van der Waals surface area contributed by atoms with E-state index in [0.717, 1.165) is 5.56 Å². The van der Waals surface area contributed by atoms with Gasteiger partial charge in [-0.05, 0) is 44.6 Å². The van der Waals surface area contributed by atoms with E-state index in [2.05, 4.69) is 5.32 Å². The van der Waals surface area contributed by atoms with Gasteiger partial charge < -0.3 is 19.9 Å². The van der Waals surface area contributed by atoms with Crippen LogP contribution in [0.2, 0.25) is 0 Å². The number of hydrogen-bond acceptors (Lipinski definition) is 4. The second-order valence-corrected chi connectivity index (χ2v) is 7.78. The van der Waals surface area contributed by atoms with E-state index in [9.17, 15) is 14.7 Å². The molecule has 1 rings (SSSR count). The van der Waals surface area contributed by atoms with Crippen molar-refractivity contribution in [2.75, 3.05) is 6.61 Å². The fraction of sp³-hybridized carbons (Fsp3) is 0.600. The van der Waals surface area contributed by atoms with Gasteiger partial charge in [-0.2, -0.15) is 0 Å². The van der Waals surface area contributed by atoms with Crippen molar-refractivity contribution in [1.82, 2.24) is 5.32 Å². The molecule has 0 heterocycles. The monoisotopic (exact) mass is 365 g/mol. The highest BCUT2D eigenvalue weighted by molar-refractivity contribution is 5.80. The summed E-state index contributed by atoms with van der Waals surface area (Å²) in [5.41, 5.74) is 0.389. The molecule has 0 saturated carbocycles. The quantitative estimate of drug-likeness (QED) is 0.694. The molecule has 0 aliphatic rings. The third-order valence-electron chi connectivity index (χ3n) is 3.91. The Kier molecular flexibility index (Phi) is 8.58. The summed E-state index contributed by atoms with van der Waals surface area (Å²) in [6.07, 6.45) is -0.446. The maximum absolute atomic E-state index is 11.9. The van der Waals surface area contributed by atoms with Crippen molar-refractivity contribution in [3.05, 3.63) is 35.9 Å². The van der Waals surface area contributed by atoms with E-state index in [4.69, 9.17) is 9.47 Å². The molecule has 0 saturated heterocycles. The minimum atomic E-state index is -1.08. The first kappa shape index (κ1) is 22.0. The Balaban J connectivity index is 2.60. The van der Waals surface area contributed by atoms with Crippen LogP contribution in [-0.2, 0) is 20.9 Å². The van der Waals surface area contributed by atoms with Gasteiger partial charge in [0.2, 0.25) is 0 Å². The van der Waals surface area contributed by atoms with Gasteiger partial charge in [-0.3, -0.25) is 0 Å². The van der Waals surface area contributed by atoms with Crippen LogP contribution < -0.4 is 5.32 Å². The molecule has 0 bridgehead atoms. The highest BCUT2D eigenvalue weighted by atomic mass is 16.6. The summed E-state index contributed by atoms with van der Waals surface area (Å²) in [6, 6.07) is 8.79. The van der Waals surface area contributed by atoms with Crippen molar-refractivity contribution in [1.29, 1.82) is 0 Å². The van der Waals surface area contributed by atoms with Crippen molar-refractivity contribution in [3.8, 4) is 0 Å². The van der Waals surface area contributed by atoms with Gasteiger partial charge in [0.25, 0.3) is 0 Å². The topological polar surface area (TPSA) is 84.9 Å². The summed E-state index contributed by atoms with van der Waals surface area (Å²) in [6.45, 7) is 10.1. The minimum absolute atomic E-state index is 0.00486. The van der Waals surface area contributed by atoms with E-state index in [0.29, 0.717) is 13.2 Å². The predicted molar refractivity (Wildman–Crippen MR) is 99.8 cm³/mol. The molecule has 146 valence electrons. The van der Waals surface area contributed by atoms with E-state index >= 15 is 0 Å². The van der Waals surface area contributed by atoms with Crippen LogP contribution in [0.3, 0.4) is 0 Å². The number of alkyl carbamates (subject to hydrolysis) is 1. The third-order valence-corrected chi connectivity index (χ3v) is 3.91. The van der Waals surface area contributed by atoms with E-state index in [1.807, 2.05) is 44.2 Å². The molecule has 0 aliphatic carbocycles. The number of hydrogen-bond donors (Lipinski definition) is 2. The number of carboxylic acids is 1. The van der Waals surface area contributed by atoms with Gasteiger partial charge in [0, 0.05) is 0 Å². The Bertz CT molecular complexity index is 565. The zero-order valence-corrected chi connectivity index (χ0v) is 16.3. The summed E-state index contributed by atoms with van der Waals surface area (Å²) < 4.78 is 10.9. The van der Waals surface area contributed by atoms with E-state index in [1.54, 1.807) is 20.8 Å². The Morgan fingerprint density at radius 2 is 1.77 bits per heavy atom. The zero-order chi connectivity index (χ0) is 19.7. The number of aliphatic carboxylic acids is 1. The van der Waals surface area contributed by atoms with Crippen molar-refractivity contribution >= 4 is 12.1 Å². The van der Waals surface area contributed by atoms with Gasteiger partial charge in [0.1, 0.15) is 11.6 Å². The Hall–Kier alpha value is -2.08. The molecule has 0 spiro atoms. The number of benzene rings is 1. The smallest absolute Gasteiger partial charge is 0.408 e. The maximum atomic E-state index is 11.9. The lowest BCUT2D eigenvalue weighted by Crippen LogP contribution is -2.45. The molecule has 1 aromatic rings. The molecule has 2 unspecified atom stereocenters. The molecule has 0 radical (unpaired) electrons. The lowest BCUT2D eigenvalue weighted by molar-refractivity contribution is -0.140. The largest absolute Gasteiger partial charge is 0.480 e. The second-order valence-electron chi connectivity index (χ2n) is 7.78.